The third-order valence-electron chi connectivity index (χ3n) is 0.684. The molecule has 3 heteroatoms. The SMILES string of the molecule is POC[C@H]1CO1. The number of hydrogen-bond donors (Lipinski definition) is 0. The molecule has 0 spiro atoms. The van der Waals surface area contributed by atoms with Crippen molar-refractivity contribution in [2.24, 2.45) is 0 Å². The van der Waals surface area contributed by atoms with Gasteiger partial charge >= 0.3 is 0 Å². The Morgan fingerprint density at radius 2 is 2.67 bits per heavy atom. The molecule has 1 aliphatic heterocycles. The first-order chi connectivity index (χ1) is 2.93. The quantitative estimate of drug-likeness (QED) is 0.370. The van der Waals surface area contributed by atoms with E-state index < -0.39 is 0 Å². The van der Waals surface area contributed by atoms with E-state index in [1.807, 2.05) is 0 Å². The van der Waals surface area contributed by atoms with Crippen molar-refractivity contribution >= 4 is 9.47 Å². The fourth-order valence-corrected chi connectivity index (χ4v) is 0.486. The van der Waals surface area contributed by atoms with Crippen LogP contribution in [0.25, 0.3) is 0 Å². The van der Waals surface area contributed by atoms with Gasteiger partial charge in [0.2, 0.25) is 0 Å². The predicted molar refractivity (Wildman–Crippen MR) is 25.4 cm³/mol. The Kier molecular flexibility index (Phi) is 1.41. The maximum Gasteiger partial charge on any atom is 0.105 e. The minimum atomic E-state index is 0.405. The van der Waals surface area contributed by atoms with Gasteiger partial charge in [0, 0.05) is 9.47 Å². The highest BCUT2D eigenvalue weighted by molar-refractivity contribution is 7.09. The van der Waals surface area contributed by atoms with Gasteiger partial charge in [0.1, 0.15) is 6.10 Å². The van der Waals surface area contributed by atoms with Crippen molar-refractivity contribution in [2.75, 3.05) is 13.2 Å². The Hall–Kier alpha value is 0.350. The number of hydrogen-bond acceptors (Lipinski definition) is 2. The molecule has 2 atom stereocenters. The summed E-state index contributed by atoms with van der Waals surface area (Å²) in [6, 6.07) is 0. The second-order valence-electron chi connectivity index (χ2n) is 1.29. The highest BCUT2D eigenvalue weighted by atomic mass is 31.0. The molecule has 0 amide bonds. The van der Waals surface area contributed by atoms with Crippen LogP contribution in [-0.2, 0) is 9.26 Å². The van der Waals surface area contributed by atoms with E-state index in [2.05, 4.69) is 14.0 Å². The summed E-state index contributed by atoms with van der Waals surface area (Å²) in [7, 11) is 2.18. The van der Waals surface area contributed by atoms with Gasteiger partial charge in [-0.2, -0.15) is 0 Å². The standard InChI is InChI=1S/C3H7O2P/c6-5-2-3-1-4-3/h3H,1-2,6H2/t3-/m1/s1. The van der Waals surface area contributed by atoms with Gasteiger partial charge in [-0.3, -0.25) is 0 Å². The summed E-state index contributed by atoms with van der Waals surface area (Å²) in [4.78, 5) is 0. The number of epoxide rings is 1. The minimum absolute atomic E-state index is 0.405. The molecule has 0 saturated carbocycles. The van der Waals surface area contributed by atoms with E-state index in [4.69, 9.17) is 4.74 Å². The molecular formula is C3H7O2P. The Labute approximate surface area is 39.1 Å². The first-order valence-corrected chi connectivity index (χ1v) is 2.34. The van der Waals surface area contributed by atoms with Crippen molar-refractivity contribution in [3.63, 3.8) is 0 Å². The topological polar surface area (TPSA) is 21.8 Å². The molecule has 1 unspecified atom stereocenters. The number of ether oxygens (including phenoxy) is 1. The van der Waals surface area contributed by atoms with Crippen LogP contribution in [0.5, 0.6) is 0 Å². The van der Waals surface area contributed by atoms with Gasteiger partial charge in [-0.05, 0) is 0 Å². The van der Waals surface area contributed by atoms with Crippen molar-refractivity contribution in [1.29, 1.82) is 0 Å². The first kappa shape index (κ1) is 4.51. The van der Waals surface area contributed by atoms with Gasteiger partial charge in [-0.1, -0.05) is 0 Å². The molecule has 1 rings (SSSR count). The summed E-state index contributed by atoms with van der Waals surface area (Å²) in [5.74, 6) is 0. The van der Waals surface area contributed by atoms with Crippen molar-refractivity contribution in [3.8, 4) is 0 Å². The summed E-state index contributed by atoms with van der Waals surface area (Å²) in [5, 5.41) is 0. The zero-order valence-corrected chi connectivity index (χ0v) is 4.54. The third-order valence-corrected chi connectivity index (χ3v) is 0.877. The van der Waals surface area contributed by atoms with Crippen molar-refractivity contribution < 1.29 is 9.26 Å². The molecule has 1 aliphatic rings. The van der Waals surface area contributed by atoms with E-state index in [1.165, 1.54) is 0 Å². The van der Waals surface area contributed by atoms with Crippen LogP contribution in [0.3, 0.4) is 0 Å². The van der Waals surface area contributed by atoms with Crippen LogP contribution < -0.4 is 0 Å². The van der Waals surface area contributed by atoms with Crippen LogP contribution in [0, 0.1) is 0 Å². The molecule has 1 saturated heterocycles. The average Bonchev–Trinajstić information content (AvgIpc) is 2.21. The van der Waals surface area contributed by atoms with Gasteiger partial charge in [0.15, 0.2) is 0 Å². The van der Waals surface area contributed by atoms with Crippen LogP contribution >= 0.6 is 9.47 Å². The lowest BCUT2D eigenvalue weighted by Gasteiger charge is -1.84. The van der Waals surface area contributed by atoms with E-state index in [0.29, 0.717) is 6.10 Å². The molecule has 6 heavy (non-hydrogen) atoms. The van der Waals surface area contributed by atoms with Crippen LogP contribution in [-0.4, -0.2) is 19.3 Å². The molecule has 0 radical (unpaired) electrons. The second kappa shape index (κ2) is 1.87. The molecular weight excluding hydrogens is 99.0 g/mol. The van der Waals surface area contributed by atoms with Crippen LogP contribution in [0.2, 0.25) is 0 Å². The summed E-state index contributed by atoms with van der Waals surface area (Å²) in [5.41, 5.74) is 0. The van der Waals surface area contributed by atoms with Crippen LogP contribution in [0.15, 0.2) is 0 Å². The zero-order valence-electron chi connectivity index (χ0n) is 3.39. The molecule has 1 fully saturated rings. The highest BCUT2D eigenvalue weighted by Gasteiger charge is 2.21. The largest absolute Gasteiger partial charge is 0.371 e. The van der Waals surface area contributed by atoms with Gasteiger partial charge in [0.05, 0.1) is 13.2 Å². The zero-order chi connectivity index (χ0) is 4.41. The molecule has 36 valence electrons. The molecule has 0 aliphatic carbocycles. The lowest BCUT2D eigenvalue weighted by Crippen LogP contribution is -1.90. The van der Waals surface area contributed by atoms with Gasteiger partial charge in [0.25, 0.3) is 0 Å². The van der Waals surface area contributed by atoms with Crippen molar-refractivity contribution in [1.82, 2.24) is 0 Å². The summed E-state index contributed by atoms with van der Waals surface area (Å²) in [6.07, 6.45) is 0.405. The molecule has 0 aromatic carbocycles. The summed E-state index contributed by atoms with van der Waals surface area (Å²) >= 11 is 0. The molecule has 0 N–H and O–H groups in total. The molecule has 1 heterocycles. The Balaban J connectivity index is 1.88. The smallest absolute Gasteiger partial charge is 0.105 e. The Morgan fingerprint density at radius 1 is 2.00 bits per heavy atom. The van der Waals surface area contributed by atoms with Crippen molar-refractivity contribution in [3.05, 3.63) is 0 Å². The monoisotopic (exact) mass is 106 g/mol. The van der Waals surface area contributed by atoms with E-state index in [0.717, 1.165) is 13.2 Å². The summed E-state index contributed by atoms with van der Waals surface area (Å²) in [6.45, 7) is 1.61. The molecule has 0 aromatic heterocycles. The van der Waals surface area contributed by atoms with E-state index >= 15 is 0 Å². The first-order valence-electron chi connectivity index (χ1n) is 1.87. The van der Waals surface area contributed by atoms with E-state index in [1.54, 1.807) is 0 Å². The fraction of sp³-hybridized carbons (Fsp3) is 1.00. The molecule has 2 nitrogen and oxygen atoms in total. The lowest BCUT2D eigenvalue weighted by atomic mass is 10.5. The maximum absolute atomic E-state index is 4.81. The second-order valence-corrected chi connectivity index (χ2v) is 1.62. The van der Waals surface area contributed by atoms with E-state index in [9.17, 15) is 0 Å². The van der Waals surface area contributed by atoms with Crippen LogP contribution in [0.4, 0.5) is 0 Å². The lowest BCUT2D eigenvalue weighted by molar-refractivity contribution is 0.294. The van der Waals surface area contributed by atoms with Crippen molar-refractivity contribution in [2.45, 2.75) is 6.10 Å². The maximum atomic E-state index is 4.81. The predicted octanol–water partition coefficient (Wildman–Crippen LogP) is 0.192. The average molecular weight is 106 g/mol. The Bertz CT molecular complexity index is 44.1. The van der Waals surface area contributed by atoms with Gasteiger partial charge in [-0.15, -0.1) is 0 Å². The van der Waals surface area contributed by atoms with E-state index in [-0.39, 0.29) is 0 Å². The van der Waals surface area contributed by atoms with Gasteiger partial charge in [-0.25, -0.2) is 0 Å². The Morgan fingerprint density at radius 3 is 2.83 bits per heavy atom. The number of rotatable bonds is 2. The third kappa shape index (κ3) is 1.21. The summed E-state index contributed by atoms with van der Waals surface area (Å²) < 4.78 is 9.47. The van der Waals surface area contributed by atoms with Crippen LogP contribution in [0.1, 0.15) is 0 Å². The highest BCUT2D eigenvalue weighted by Crippen LogP contribution is 2.09. The fourth-order valence-electron chi connectivity index (χ4n) is 0.272. The molecule has 0 bridgehead atoms. The normalized spacial score (nSPS) is 30.5. The van der Waals surface area contributed by atoms with Gasteiger partial charge < -0.3 is 9.26 Å². The minimum Gasteiger partial charge on any atom is -0.371 e. The molecule has 0 aromatic rings.